The number of hydrogen-bond acceptors (Lipinski definition) is 5. The molecule has 0 saturated heterocycles. The summed E-state index contributed by atoms with van der Waals surface area (Å²) in [4.78, 5) is 18.9. The molecule has 2 heterocycles. The van der Waals surface area contributed by atoms with Crippen molar-refractivity contribution in [1.82, 2.24) is 30.1 Å². The molecule has 0 amide bonds. The van der Waals surface area contributed by atoms with Crippen LogP contribution in [0.15, 0.2) is 47.3 Å². The fourth-order valence-corrected chi connectivity index (χ4v) is 6.18. The molecular weight excluding hydrogens is 472 g/mol. The van der Waals surface area contributed by atoms with E-state index in [1.807, 2.05) is 0 Å². The van der Waals surface area contributed by atoms with E-state index in [2.05, 4.69) is 100 Å². The van der Waals surface area contributed by atoms with Gasteiger partial charge in [0.05, 0.1) is 17.6 Å². The molecule has 0 bridgehead atoms. The van der Waals surface area contributed by atoms with Gasteiger partial charge in [0.15, 0.2) is 5.82 Å². The first-order valence-electron chi connectivity index (χ1n) is 14.1. The van der Waals surface area contributed by atoms with Gasteiger partial charge in [-0.2, -0.15) is 0 Å². The summed E-state index contributed by atoms with van der Waals surface area (Å²) in [5.41, 5.74) is 6.60. The lowest BCUT2D eigenvalue weighted by molar-refractivity contribution is 0.165. The number of fused-ring (bicyclic) bond motifs is 1. The molecule has 2 aromatic heterocycles. The Balaban J connectivity index is 1.51. The van der Waals surface area contributed by atoms with Gasteiger partial charge in [-0.3, -0.25) is 9.69 Å². The first-order chi connectivity index (χ1) is 18.4. The maximum absolute atomic E-state index is 13.3. The number of H-pyrrole nitrogens is 1. The number of pyridine rings is 1. The molecule has 0 unspecified atom stereocenters. The summed E-state index contributed by atoms with van der Waals surface area (Å²) in [6, 6.07) is 15.3. The Kier molecular flexibility index (Phi) is 8.03. The van der Waals surface area contributed by atoms with Crippen LogP contribution in [0.3, 0.4) is 0 Å². The summed E-state index contributed by atoms with van der Waals surface area (Å²) >= 11 is 0. The van der Waals surface area contributed by atoms with Gasteiger partial charge in [-0.1, -0.05) is 62.1 Å². The van der Waals surface area contributed by atoms with E-state index in [0.29, 0.717) is 12.6 Å². The van der Waals surface area contributed by atoms with Crippen LogP contribution in [0.4, 0.5) is 0 Å². The number of nitrogens with one attached hydrogen (secondary N) is 1. The van der Waals surface area contributed by atoms with Crippen LogP contribution in [0.2, 0.25) is 0 Å². The van der Waals surface area contributed by atoms with Crippen molar-refractivity contribution in [2.75, 3.05) is 6.54 Å². The Labute approximate surface area is 225 Å². The number of benzene rings is 2. The largest absolute Gasteiger partial charge is 0.321 e. The van der Waals surface area contributed by atoms with E-state index in [1.54, 1.807) is 0 Å². The average Bonchev–Trinajstić information content (AvgIpc) is 3.39. The predicted octanol–water partition coefficient (Wildman–Crippen LogP) is 6.14. The van der Waals surface area contributed by atoms with Crippen molar-refractivity contribution in [1.29, 1.82) is 0 Å². The molecule has 1 aliphatic carbocycles. The average molecular weight is 513 g/mol. The first kappa shape index (κ1) is 26.3. The normalized spacial score (nSPS) is 15.4. The summed E-state index contributed by atoms with van der Waals surface area (Å²) < 4.78 is 2.09. The third-order valence-electron chi connectivity index (χ3n) is 8.24. The van der Waals surface area contributed by atoms with Crippen LogP contribution >= 0.6 is 0 Å². The second-order valence-corrected chi connectivity index (χ2v) is 11.0. The molecule has 200 valence electrons. The van der Waals surface area contributed by atoms with Crippen LogP contribution in [-0.2, 0) is 13.0 Å². The quantitative estimate of drug-likeness (QED) is 0.291. The zero-order chi connectivity index (χ0) is 26.6. The van der Waals surface area contributed by atoms with Crippen molar-refractivity contribution in [3.8, 4) is 0 Å². The Hall–Kier alpha value is -3.32. The zero-order valence-electron chi connectivity index (χ0n) is 23.2. The van der Waals surface area contributed by atoms with Crippen LogP contribution < -0.4 is 5.56 Å². The molecule has 0 radical (unpaired) electrons. The Morgan fingerprint density at radius 3 is 2.58 bits per heavy atom. The Morgan fingerprint density at radius 1 is 1.03 bits per heavy atom. The van der Waals surface area contributed by atoms with Crippen LogP contribution in [0.5, 0.6) is 0 Å². The van der Waals surface area contributed by atoms with Gasteiger partial charge >= 0.3 is 0 Å². The standard InChI is InChI=1S/C31H40N6O/c1-5-28(30-33-34-35-37(30)27-13-7-6-8-14-27)36(16-15-24-12-10-9-11-22(24)3)20-26-19-25-18-21(2)17-23(4)29(25)32-31(26)38/h9-12,17-19,27-28H,5-8,13-16,20H2,1-4H3,(H,32,38)/t28-/m1/s1. The van der Waals surface area contributed by atoms with E-state index in [0.717, 1.165) is 60.1 Å². The minimum absolute atomic E-state index is 0.0188. The Bertz CT molecular complexity index is 1450. The molecule has 5 rings (SSSR count). The number of tetrazole rings is 1. The summed E-state index contributed by atoms with van der Waals surface area (Å²) in [6.07, 6.45) is 7.76. The lowest BCUT2D eigenvalue weighted by Gasteiger charge is -2.32. The van der Waals surface area contributed by atoms with Crippen LogP contribution in [0.25, 0.3) is 10.9 Å². The molecule has 0 spiro atoms. The van der Waals surface area contributed by atoms with Gasteiger partial charge in [0, 0.05) is 18.7 Å². The lowest BCUT2D eigenvalue weighted by Crippen LogP contribution is -2.35. The van der Waals surface area contributed by atoms with E-state index in [1.165, 1.54) is 36.0 Å². The maximum Gasteiger partial charge on any atom is 0.252 e. The monoisotopic (exact) mass is 512 g/mol. The van der Waals surface area contributed by atoms with Crippen LogP contribution in [0, 0.1) is 20.8 Å². The van der Waals surface area contributed by atoms with Crippen molar-refractivity contribution in [2.45, 2.75) is 91.3 Å². The molecule has 38 heavy (non-hydrogen) atoms. The predicted molar refractivity (Wildman–Crippen MR) is 152 cm³/mol. The second kappa shape index (κ2) is 11.6. The van der Waals surface area contributed by atoms with Gasteiger partial charge in [0.2, 0.25) is 0 Å². The highest BCUT2D eigenvalue weighted by Crippen LogP contribution is 2.32. The molecule has 2 aromatic carbocycles. The van der Waals surface area contributed by atoms with Gasteiger partial charge < -0.3 is 4.98 Å². The molecule has 0 aliphatic heterocycles. The Morgan fingerprint density at radius 2 is 1.82 bits per heavy atom. The highest BCUT2D eigenvalue weighted by atomic mass is 16.1. The van der Waals surface area contributed by atoms with Gasteiger partial charge in [0.1, 0.15) is 0 Å². The summed E-state index contributed by atoms with van der Waals surface area (Å²) in [5.74, 6) is 0.924. The fourth-order valence-electron chi connectivity index (χ4n) is 6.18. The molecule has 4 aromatic rings. The smallest absolute Gasteiger partial charge is 0.252 e. The number of aromatic amines is 1. The van der Waals surface area contributed by atoms with Crippen molar-refractivity contribution < 1.29 is 0 Å². The summed E-state index contributed by atoms with van der Waals surface area (Å²) in [6.45, 7) is 9.87. The highest BCUT2D eigenvalue weighted by molar-refractivity contribution is 5.82. The summed E-state index contributed by atoms with van der Waals surface area (Å²) in [7, 11) is 0. The third kappa shape index (κ3) is 5.58. The number of aromatic nitrogens is 5. The SMILES string of the molecule is CC[C@H](c1nnnn1C1CCCCC1)N(CCc1ccccc1C)Cc1cc2cc(C)cc(C)c2[nH]c1=O. The number of hydrogen-bond donors (Lipinski definition) is 1. The van der Waals surface area contributed by atoms with E-state index in [4.69, 9.17) is 0 Å². The fraction of sp³-hybridized carbons (Fsp3) is 0.484. The number of nitrogens with zero attached hydrogens (tertiary/aromatic N) is 5. The van der Waals surface area contributed by atoms with Gasteiger partial charge in [0.25, 0.3) is 5.56 Å². The van der Waals surface area contributed by atoms with Gasteiger partial charge in [-0.25, -0.2) is 4.68 Å². The van der Waals surface area contributed by atoms with E-state index in [-0.39, 0.29) is 11.6 Å². The van der Waals surface area contributed by atoms with E-state index in [9.17, 15) is 4.79 Å². The maximum atomic E-state index is 13.3. The third-order valence-corrected chi connectivity index (χ3v) is 8.24. The number of aryl methyl sites for hydroxylation is 3. The molecule has 1 atom stereocenters. The highest BCUT2D eigenvalue weighted by Gasteiger charge is 2.29. The van der Waals surface area contributed by atoms with Crippen molar-refractivity contribution >= 4 is 10.9 Å². The lowest BCUT2D eigenvalue weighted by atomic mass is 9.95. The molecule has 1 aliphatic rings. The molecule has 1 fully saturated rings. The molecular formula is C31H40N6O. The van der Waals surface area contributed by atoms with Crippen molar-refractivity contribution in [3.05, 3.63) is 86.5 Å². The summed E-state index contributed by atoms with van der Waals surface area (Å²) in [5, 5.41) is 14.3. The van der Waals surface area contributed by atoms with Crippen LogP contribution in [-0.4, -0.2) is 36.6 Å². The van der Waals surface area contributed by atoms with E-state index < -0.39 is 0 Å². The van der Waals surface area contributed by atoms with Gasteiger partial charge in [-0.05, 0) is 91.1 Å². The first-order valence-corrected chi connectivity index (χ1v) is 14.1. The van der Waals surface area contributed by atoms with Crippen LogP contribution in [0.1, 0.15) is 91.2 Å². The van der Waals surface area contributed by atoms with Gasteiger partial charge in [-0.15, -0.1) is 5.10 Å². The molecule has 1 N–H and O–H groups in total. The number of rotatable bonds is 9. The zero-order valence-corrected chi connectivity index (χ0v) is 23.2. The molecule has 1 saturated carbocycles. The molecule has 7 nitrogen and oxygen atoms in total. The second-order valence-electron chi connectivity index (χ2n) is 11.0. The van der Waals surface area contributed by atoms with Crippen molar-refractivity contribution in [2.24, 2.45) is 0 Å². The van der Waals surface area contributed by atoms with Crippen molar-refractivity contribution in [3.63, 3.8) is 0 Å². The minimum atomic E-state index is -0.0212. The topological polar surface area (TPSA) is 79.7 Å². The van der Waals surface area contributed by atoms with E-state index >= 15 is 0 Å². The minimum Gasteiger partial charge on any atom is -0.321 e. The molecule has 7 heteroatoms.